The number of hydrogen-bond acceptors (Lipinski definition) is 5. The Kier molecular flexibility index (Phi) is 11.5. The lowest BCUT2D eigenvalue weighted by molar-refractivity contribution is -0.136. The molecule has 0 atom stereocenters. The highest BCUT2D eigenvalue weighted by molar-refractivity contribution is 5.84. The van der Waals surface area contributed by atoms with Gasteiger partial charge >= 0.3 is 5.97 Å². The number of aliphatic carboxylic acids is 1. The average molecular weight is 378 g/mol. The minimum atomic E-state index is -0.855. The van der Waals surface area contributed by atoms with Crippen molar-refractivity contribution in [1.29, 1.82) is 0 Å². The molecule has 0 aromatic heterocycles. The third kappa shape index (κ3) is 7.27. The fourth-order valence-corrected chi connectivity index (χ4v) is 2.58. The maximum Gasteiger partial charge on any atom is 0.303 e. The molecule has 0 fully saturated rings. The van der Waals surface area contributed by atoms with Crippen LogP contribution < -0.4 is 4.74 Å². The number of carbonyl (C=O) groups is 2. The molecule has 27 heavy (non-hydrogen) atoms. The molecule has 0 unspecified atom stereocenters. The third-order valence-electron chi connectivity index (χ3n) is 3.93. The molecule has 150 valence electrons. The van der Waals surface area contributed by atoms with Crippen molar-refractivity contribution in [3.63, 3.8) is 0 Å². The van der Waals surface area contributed by atoms with Gasteiger partial charge in [0.15, 0.2) is 6.29 Å². The summed E-state index contributed by atoms with van der Waals surface area (Å²) in [5, 5.41) is 19.2. The van der Waals surface area contributed by atoms with Crippen molar-refractivity contribution < 1.29 is 29.3 Å². The van der Waals surface area contributed by atoms with Crippen LogP contribution in [0.2, 0.25) is 0 Å². The number of aldehydes is 1. The second-order valence-corrected chi connectivity index (χ2v) is 5.99. The lowest BCUT2D eigenvalue weighted by atomic mass is 9.94. The number of ether oxygens (including phenoxy) is 2. The highest BCUT2D eigenvalue weighted by Crippen LogP contribution is 2.38. The van der Waals surface area contributed by atoms with E-state index >= 15 is 0 Å². The Morgan fingerprint density at radius 1 is 1.22 bits per heavy atom. The van der Waals surface area contributed by atoms with Crippen molar-refractivity contribution in [1.82, 2.24) is 0 Å². The maximum atomic E-state index is 11.4. The monoisotopic (exact) mass is 378 g/mol. The van der Waals surface area contributed by atoms with E-state index in [4.69, 9.17) is 14.6 Å². The van der Waals surface area contributed by atoms with Gasteiger partial charge in [-0.3, -0.25) is 9.59 Å². The Bertz CT molecular complexity index is 689. The Hall–Kier alpha value is -2.60. The van der Waals surface area contributed by atoms with E-state index in [0.29, 0.717) is 36.0 Å². The number of carboxylic acid groups (broad SMARTS) is 1. The number of methoxy groups -OCH3 is 2. The SMILES string of the molecule is C=CC.COCc1c(C)c(OC)c(C/C=C(\C)CCC(=O)O)c(O)c1C=O. The molecule has 0 spiro atoms. The first-order chi connectivity index (χ1) is 12.8. The molecule has 0 radical (unpaired) electrons. The van der Waals surface area contributed by atoms with Crippen molar-refractivity contribution >= 4 is 12.3 Å². The first-order valence-corrected chi connectivity index (χ1v) is 8.58. The lowest BCUT2D eigenvalue weighted by Gasteiger charge is -2.18. The van der Waals surface area contributed by atoms with Gasteiger partial charge in [-0.2, -0.15) is 0 Å². The number of phenolic OH excluding ortho intramolecular Hbond substituents is 1. The normalized spacial score (nSPS) is 10.6. The smallest absolute Gasteiger partial charge is 0.303 e. The predicted octanol–water partition coefficient (Wildman–Crippen LogP) is 4.21. The van der Waals surface area contributed by atoms with E-state index in [-0.39, 0.29) is 24.3 Å². The molecule has 0 aliphatic carbocycles. The average Bonchev–Trinajstić information content (AvgIpc) is 2.62. The zero-order valence-corrected chi connectivity index (χ0v) is 16.8. The zero-order chi connectivity index (χ0) is 21.0. The summed E-state index contributed by atoms with van der Waals surface area (Å²) in [4.78, 5) is 22.0. The van der Waals surface area contributed by atoms with E-state index < -0.39 is 5.97 Å². The summed E-state index contributed by atoms with van der Waals surface area (Å²) in [6, 6.07) is 0. The van der Waals surface area contributed by atoms with Gasteiger partial charge in [0.25, 0.3) is 0 Å². The molecule has 0 heterocycles. The van der Waals surface area contributed by atoms with E-state index in [1.165, 1.54) is 14.2 Å². The number of carboxylic acids is 1. The minimum absolute atomic E-state index is 0.0524. The minimum Gasteiger partial charge on any atom is -0.507 e. The fraction of sp³-hybridized carbons (Fsp3) is 0.429. The summed E-state index contributed by atoms with van der Waals surface area (Å²) >= 11 is 0. The van der Waals surface area contributed by atoms with E-state index in [1.807, 2.05) is 26.8 Å². The number of allylic oxidation sites excluding steroid dienone is 3. The van der Waals surface area contributed by atoms with Crippen LogP contribution in [0.5, 0.6) is 11.5 Å². The van der Waals surface area contributed by atoms with Gasteiger partial charge in [-0.05, 0) is 44.7 Å². The number of phenols is 1. The van der Waals surface area contributed by atoms with Crippen molar-refractivity contribution in [3.8, 4) is 11.5 Å². The number of hydrogen-bond donors (Lipinski definition) is 2. The number of carbonyl (C=O) groups excluding carboxylic acids is 1. The topological polar surface area (TPSA) is 93.1 Å². The van der Waals surface area contributed by atoms with Gasteiger partial charge < -0.3 is 19.7 Å². The van der Waals surface area contributed by atoms with E-state index in [9.17, 15) is 14.7 Å². The summed E-state index contributed by atoms with van der Waals surface area (Å²) in [7, 11) is 3.02. The summed E-state index contributed by atoms with van der Waals surface area (Å²) in [5.74, 6) is -0.472. The second-order valence-electron chi connectivity index (χ2n) is 5.99. The Morgan fingerprint density at radius 3 is 2.26 bits per heavy atom. The molecule has 6 nitrogen and oxygen atoms in total. The van der Waals surface area contributed by atoms with Gasteiger partial charge in [0, 0.05) is 19.1 Å². The molecule has 0 aliphatic rings. The summed E-state index contributed by atoms with van der Waals surface area (Å²) in [6.45, 7) is 9.08. The van der Waals surface area contributed by atoms with E-state index in [2.05, 4.69) is 6.58 Å². The third-order valence-corrected chi connectivity index (χ3v) is 3.93. The van der Waals surface area contributed by atoms with E-state index in [0.717, 1.165) is 11.1 Å². The van der Waals surface area contributed by atoms with Crippen molar-refractivity contribution in [3.05, 3.63) is 46.6 Å². The second kappa shape index (κ2) is 12.7. The van der Waals surface area contributed by atoms with Gasteiger partial charge in [-0.1, -0.05) is 17.7 Å². The zero-order valence-electron chi connectivity index (χ0n) is 16.8. The number of benzene rings is 1. The summed E-state index contributed by atoms with van der Waals surface area (Å²) in [5.41, 5.74) is 2.93. The molecule has 6 heteroatoms. The maximum absolute atomic E-state index is 11.4. The van der Waals surface area contributed by atoms with Gasteiger partial charge in [0.2, 0.25) is 0 Å². The summed E-state index contributed by atoms with van der Waals surface area (Å²) in [6.07, 6.45) is 5.02. The predicted molar refractivity (Wildman–Crippen MR) is 106 cm³/mol. The van der Waals surface area contributed by atoms with Crippen LogP contribution in [0.1, 0.15) is 53.7 Å². The van der Waals surface area contributed by atoms with Crippen LogP contribution in [0.15, 0.2) is 24.3 Å². The van der Waals surface area contributed by atoms with Gasteiger partial charge in [0.05, 0.1) is 19.3 Å². The largest absolute Gasteiger partial charge is 0.507 e. The van der Waals surface area contributed by atoms with Crippen LogP contribution in [-0.4, -0.2) is 36.7 Å². The van der Waals surface area contributed by atoms with Gasteiger partial charge in [-0.25, -0.2) is 0 Å². The Morgan fingerprint density at radius 2 is 1.81 bits per heavy atom. The van der Waals surface area contributed by atoms with Crippen molar-refractivity contribution in [2.24, 2.45) is 0 Å². The van der Waals surface area contributed by atoms with Gasteiger partial charge in [0.1, 0.15) is 11.5 Å². The standard InChI is InChI=1S/C18H24O6.C3H6/c1-11(6-8-16(20)21)5-7-13-17(22)14(9-19)15(10-23-3)12(2)18(13)24-4;1-3-2/h5,9,22H,6-8,10H2,1-4H3,(H,20,21);3H,1H2,2H3/b11-5+;. The van der Waals surface area contributed by atoms with Crippen LogP contribution in [0.25, 0.3) is 0 Å². The molecule has 0 amide bonds. The van der Waals surface area contributed by atoms with Crippen LogP contribution in [-0.2, 0) is 22.6 Å². The molecule has 2 N–H and O–H groups in total. The quantitative estimate of drug-likeness (QED) is 0.494. The van der Waals surface area contributed by atoms with Crippen molar-refractivity contribution in [2.45, 2.75) is 46.6 Å². The van der Waals surface area contributed by atoms with Crippen LogP contribution in [0.3, 0.4) is 0 Å². The number of rotatable bonds is 9. The summed E-state index contributed by atoms with van der Waals surface area (Å²) < 4.78 is 10.5. The van der Waals surface area contributed by atoms with Gasteiger partial charge in [-0.15, -0.1) is 6.58 Å². The highest BCUT2D eigenvalue weighted by Gasteiger charge is 2.21. The fourth-order valence-electron chi connectivity index (χ4n) is 2.58. The first-order valence-electron chi connectivity index (χ1n) is 8.58. The molecule has 0 saturated carbocycles. The van der Waals surface area contributed by atoms with Crippen molar-refractivity contribution in [2.75, 3.05) is 14.2 Å². The highest BCUT2D eigenvalue weighted by atomic mass is 16.5. The molecule has 1 rings (SSSR count). The van der Waals surface area contributed by atoms with Crippen LogP contribution in [0.4, 0.5) is 0 Å². The van der Waals surface area contributed by atoms with E-state index in [1.54, 1.807) is 6.08 Å². The Balaban J connectivity index is 0.00000210. The molecule has 1 aromatic carbocycles. The lowest BCUT2D eigenvalue weighted by Crippen LogP contribution is -2.05. The van der Waals surface area contributed by atoms with Crippen LogP contribution in [0, 0.1) is 6.92 Å². The Labute approximate surface area is 161 Å². The molecule has 0 bridgehead atoms. The molecular weight excluding hydrogens is 348 g/mol. The molecular formula is C21H30O6. The van der Waals surface area contributed by atoms with Crippen LogP contribution >= 0.6 is 0 Å². The number of aromatic hydroxyl groups is 1. The molecule has 0 aliphatic heterocycles. The molecule has 1 aromatic rings. The molecule has 0 saturated heterocycles. The first kappa shape index (κ1) is 24.4.